The van der Waals surface area contributed by atoms with E-state index in [2.05, 4.69) is 5.32 Å². The van der Waals surface area contributed by atoms with Crippen molar-refractivity contribution < 1.29 is 39.6 Å². The number of nitrogens with one attached hydrogen (secondary N) is 1. The number of phenolic OH excluding ortho intramolecular Hbond substituents is 1. The van der Waals surface area contributed by atoms with Crippen LogP contribution in [0, 0.1) is 22.7 Å². The predicted octanol–water partition coefficient (Wildman–Crippen LogP) is 3.54. The Hall–Kier alpha value is -3.46. The van der Waals surface area contributed by atoms with E-state index in [-0.39, 0.29) is 47.9 Å². The lowest BCUT2D eigenvalue weighted by Gasteiger charge is -2.59. The molecule has 1 aromatic rings. The van der Waals surface area contributed by atoms with Crippen LogP contribution < -0.4 is 5.32 Å². The van der Waals surface area contributed by atoms with Gasteiger partial charge in [-0.15, -0.1) is 0 Å². The van der Waals surface area contributed by atoms with Crippen LogP contribution in [0.4, 0.5) is 5.69 Å². The molecule has 1 saturated carbocycles. The van der Waals surface area contributed by atoms with Crippen molar-refractivity contribution >= 4 is 34.7 Å². The fraction of sp³-hybridized carbons (Fsp3) is 0.500. The van der Waals surface area contributed by atoms with Gasteiger partial charge in [-0.05, 0) is 37.3 Å². The average Bonchev–Trinajstić information content (AvgIpc) is 2.77. The fourth-order valence-corrected chi connectivity index (χ4v) is 7.05. The normalized spacial score (nSPS) is 31.2. The van der Waals surface area contributed by atoms with Gasteiger partial charge in [0.1, 0.15) is 22.8 Å². The number of carbonyl (C=O) groups excluding carboxylic acids is 4. The Morgan fingerprint density at radius 1 is 1.14 bits per heavy atom. The number of hydrogen-bond donors (Lipinski definition) is 5. The number of benzene rings is 1. The van der Waals surface area contributed by atoms with Crippen molar-refractivity contribution in [2.45, 2.75) is 66.4 Å². The Balaban J connectivity index is 2.02. The summed E-state index contributed by atoms with van der Waals surface area (Å²) in [5.41, 5.74) is -5.52. The summed E-state index contributed by atoms with van der Waals surface area (Å²) in [6.07, 6.45) is 0.364. The smallest absolute Gasteiger partial charge is 0.224 e. The van der Waals surface area contributed by atoms with Gasteiger partial charge < -0.3 is 25.7 Å². The molecule has 0 aromatic heterocycles. The van der Waals surface area contributed by atoms with Crippen LogP contribution in [0.2, 0.25) is 0 Å². The lowest BCUT2D eigenvalue weighted by molar-refractivity contribution is -0.178. The van der Waals surface area contributed by atoms with Crippen molar-refractivity contribution in [3.8, 4) is 5.75 Å². The number of aromatic hydroxyl groups is 1. The molecule has 0 aliphatic heterocycles. The molecule has 0 saturated heterocycles. The van der Waals surface area contributed by atoms with E-state index in [0.29, 0.717) is 5.56 Å². The second kappa shape index (κ2) is 8.28. The standard InChI is InChI=1S/C28H33NO8/c1-7-16(31)29-15-9-8-14-10-26(5)11-27(6)19(12(2)3)22(33)17(13(4)30)24(35)28(27,37)25(36)20(26)23(34)18(14)21(15)32/h8-9,12,19,32,34-35,37H,7,10-11H2,1-6H3,(H,29,31)/t19?,26-,27-,28+/m1/s1. The largest absolute Gasteiger partial charge is 0.508 e. The van der Waals surface area contributed by atoms with Crippen molar-refractivity contribution in [1.82, 2.24) is 0 Å². The number of carbonyl (C=O) groups is 4. The lowest BCUT2D eigenvalue weighted by atomic mass is 9.43. The summed E-state index contributed by atoms with van der Waals surface area (Å²) in [4.78, 5) is 51.9. The van der Waals surface area contributed by atoms with E-state index in [9.17, 15) is 39.6 Å². The number of aliphatic hydroxyl groups excluding tert-OH is 2. The number of allylic oxidation sites excluding steroid dienone is 1. The maximum Gasteiger partial charge on any atom is 0.224 e. The van der Waals surface area contributed by atoms with Gasteiger partial charge in [0.15, 0.2) is 17.2 Å². The second-order valence-electron chi connectivity index (χ2n) is 11.4. The molecule has 4 rings (SSSR count). The number of anilines is 1. The topological polar surface area (TPSA) is 161 Å². The molecule has 1 amide bonds. The first-order valence-electron chi connectivity index (χ1n) is 12.4. The average molecular weight is 512 g/mol. The molecule has 198 valence electrons. The van der Waals surface area contributed by atoms with Gasteiger partial charge in [-0.2, -0.15) is 0 Å². The van der Waals surface area contributed by atoms with Crippen molar-refractivity contribution in [2.75, 3.05) is 5.32 Å². The Morgan fingerprint density at radius 3 is 2.30 bits per heavy atom. The number of amides is 1. The molecule has 0 bridgehead atoms. The van der Waals surface area contributed by atoms with E-state index >= 15 is 0 Å². The first-order valence-corrected chi connectivity index (χ1v) is 12.4. The number of ketones is 3. The Morgan fingerprint density at radius 2 is 1.76 bits per heavy atom. The minimum Gasteiger partial charge on any atom is -0.508 e. The quantitative estimate of drug-likeness (QED) is 0.303. The van der Waals surface area contributed by atoms with Crippen LogP contribution in [-0.2, 0) is 25.6 Å². The fourth-order valence-electron chi connectivity index (χ4n) is 7.05. The zero-order valence-electron chi connectivity index (χ0n) is 21.9. The van der Waals surface area contributed by atoms with E-state index in [1.807, 2.05) is 0 Å². The molecule has 9 heteroatoms. The highest BCUT2D eigenvalue weighted by molar-refractivity contribution is 6.24. The van der Waals surface area contributed by atoms with Crippen LogP contribution in [0.3, 0.4) is 0 Å². The minimum atomic E-state index is -2.65. The van der Waals surface area contributed by atoms with E-state index in [0.717, 1.165) is 6.92 Å². The summed E-state index contributed by atoms with van der Waals surface area (Å²) in [6, 6.07) is 3.16. The molecule has 0 heterocycles. The molecule has 1 fully saturated rings. The van der Waals surface area contributed by atoms with E-state index < -0.39 is 62.5 Å². The molecule has 5 N–H and O–H groups in total. The Bertz CT molecular complexity index is 1340. The van der Waals surface area contributed by atoms with Crippen molar-refractivity contribution in [1.29, 1.82) is 0 Å². The zero-order valence-corrected chi connectivity index (χ0v) is 21.9. The molecule has 37 heavy (non-hydrogen) atoms. The van der Waals surface area contributed by atoms with Crippen molar-refractivity contribution in [3.05, 3.63) is 40.2 Å². The predicted molar refractivity (Wildman–Crippen MR) is 135 cm³/mol. The van der Waals surface area contributed by atoms with Gasteiger partial charge >= 0.3 is 0 Å². The van der Waals surface area contributed by atoms with Crippen LogP contribution in [0.1, 0.15) is 65.5 Å². The second-order valence-corrected chi connectivity index (χ2v) is 11.4. The summed E-state index contributed by atoms with van der Waals surface area (Å²) in [7, 11) is 0. The number of aliphatic hydroxyl groups is 3. The Kier molecular flexibility index (Phi) is 5.95. The third kappa shape index (κ3) is 3.32. The lowest BCUT2D eigenvalue weighted by Crippen LogP contribution is -2.69. The molecule has 4 atom stereocenters. The van der Waals surface area contributed by atoms with E-state index in [4.69, 9.17) is 0 Å². The summed E-state index contributed by atoms with van der Waals surface area (Å²) in [6.45, 7) is 9.53. The van der Waals surface area contributed by atoms with Gasteiger partial charge in [0.05, 0.1) is 11.3 Å². The summed E-state index contributed by atoms with van der Waals surface area (Å²) in [5, 5.41) is 48.1. The van der Waals surface area contributed by atoms with Gasteiger partial charge in [-0.25, -0.2) is 0 Å². The summed E-state index contributed by atoms with van der Waals surface area (Å²) >= 11 is 0. The maximum absolute atomic E-state index is 14.2. The van der Waals surface area contributed by atoms with Crippen LogP contribution in [0.5, 0.6) is 5.75 Å². The molecule has 1 aromatic carbocycles. The zero-order chi connectivity index (χ0) is 27.8. The molecular formula is C28H33NO8. The molecular weight excluding hydrogens is 478 g/mol. The van der Waals surface area contributed by atoms with E-state index in [1.165, 1.54) is 6.07 Å². The first kappa shape index (κ1) is 26.6. The van der Waals surface area contributed by atoms with Crippen LogP contribution in [0.15, 0.2) is 29.0 Å². The van der Waals surface area contributed by atoms with Crippen LogP contribution in [-0.4, -0.2) is 49.3 Å². The number of phenols is 1. The summed E-state index contributed by atoms with van der Waals surface area (Å²) in [5.74, 6) is -6.13. The molecule has 9 nitrogen and oxygen atoms in total. The third-order valence-electron chi connectivity index (χ3n) is 8.47. The number of rotatable bonds is 4. The van der Waals surface area contributed by atoms with Crippen molar-refractivity contribution in [2.24, 2.45) is 22.7 Å². The number of fused-ring (bicyclic) bond motifs is 3. The van der Waals surface area contributed by atoms with Gasteiger partial charge in [0, 0.05) is 28.7 Å². The monoisotopic (exact) mass is 511 g/mol. The van der Waals surface area contributed by atoms with Gasteiger partial charge in [0.25, 0.3) is 0 Å². The van der Waals surface area contributed by atoms with Crippen LogP contribution in [0.25, 0.3) is 5.76 Å². The first-order chi connectivity index (χ1) is 17.1. The highest BCUT2D eigenvalue weighted by atomic mass is 16.3. The molecule has 3 aliphatic rings. The molecule has 1 unspecified atom stereocenters. The molecule has 3 aliphatic carbocycles. The minimum absolute atomic E-state index is 0.0278. The van der Waals surface area contributed by atoms with Gasteiger partial charge in [0.2, 0.25) is 11.7 Å². The summed E-state index contributed by atoms with van der Waals surface area (Å²) < 4.78 is 0. The molecule has 0 radical (unpaired) electrons. The Labute approximate surface area is 214 Å². The number of hydrogen-bond acceptors (Lipinski definition) is 8. The highest BCUT2D eigenvalue weighted by Crippen LogP contribution is 2.65. The van der Waals surface area contributed by atoms with Gasteiger partial charge in [-0.3, -0.25) is 19.2 Å². The molecule has 0 spiro atoms. The van der Waals surface area contributed by atoms with Gasteiger partial charge in [-0.1, -0.05) is 40.7 Å². The van der Waals surface area contributed by atoms with Crippen LogP contribution >= 0.6 is 0 Å². The van der Waals surface area contributed by atoms with Crippen molar-refractivity contribution in [3.63, 3.8) is 0 Å². The maximum atomic E-state index is 14.2. The SMILES string of the molecule is CCC(=O)Nc1ccc2c(c1O)C(O)=C1C(=O)[C@@]3(O)C(O)=C(C(C)=O)C(=O)C(C(C)C)[C@@]3(C)C[C@@]1(C)C2. The number of Topliss-reactive ketones (excluding diaryl/α,β-unsaturated/α-hetero) is 3. The highest BCUT2D eigenvalue weighted by Gasteiger charge is 2.72. The van der Waals surface area contributed by atoms with E-state index in [1.54, 1.807) is 40.7 Å². The third-order valence-corrected chi connectivity index (χ3v) is 8.47.